The lowest BCUT2D eigenvalue weighted by atomic mass is 9.83. The number of ether oxygens (including phenoxy) is 1. The smallest absolute Gasteiger partial charge is 0.412 e. The third-order valence-electron chi connectivity index (χ3n) is 7.82. The van der Waals surface area contributed by atoms with Gasteiger partial charge in [0, 0.05) is 30.9 Å². The number of benzene rings is 3. The van der Waals surface area contributed by atoms with Crippen LogP contribution in [0, 0.1) is 18.7 Å². The molecule has 3 aliphatic heterocycles. The Morgan fingerprint density at radius 1 is 1.00 bits per heavy atom. The van der Waals surface area contributed by atoms with Crippen molar-refractivity contribution in [3.8, 4) is 0 Å². The van der Waals surface area contributed by atoms with Crippen molar-refractivity contribution in [3.63, 3.8) is 0 Å². The molecule has 2 bridgehead atoms. The van der Waals surface area contributed by atoms with Crippen LogP contribution in [0.1, 0.15) is 35.1 Å². The molecule has 1 unspecified atom stereocenters. The van der Waals surface area contributed by atoms with Crippen LogP contribution in [-0.2, 0) is 17.6 Å². The van der Waals surface area contributed by atoms with E-state index in [9.17, 15) is 9.18 Å². The van der Waals surface area contributed by atoms with Gasteiger partial charge in [0.25, 0.3) is 0 Å². The maximum atomic E-state index is 13.3. The van der Waals surface area contributed by atoms with Crippen molar-refractivity contribution in [2.45, 2.75) is 38.7 Å². The van der Waals surface area contributed by atoms with Gasteiger partial charge in [0.05, 0.1) is 19.6 Å². The zero-order valence-corrected chi connectivity index (χ0v) is 20.4. The Morgan fingerprint density at radius 3 is 2.54 bits per heavy atom. The van der Waals surface area contributed by atoms with Gasteiger partial charge in [0.1, 0.15) is 12.4 Å². The standard InChI is InChI=1S/C30H33FN2O2/c1-22-5-4-6-23(19-22)13-16-33-17-14-25(15-18-33)29(21-33)35-30(34)32-28-8-3-2-7-26(28)20-24-9-11-27(31)12-10-24/h2-12,19,25,29H,13-18,20-21H2,1H3/p+1. The van der Waals surface area contributed by atoms with Gasteiger partial charge in [-0.1, -0.05) is 60.2 Å². The first kappa shape index (κ1) is 23.6. The number of nitrogens with zero attached hydrogens (tertiary/aromatic N) is 1. The number of rotatable bonds is 7. The molecule has 1 N–H and O–H groups in total. The summed E-state index contributed by atoms with van der Waals surface area (Å²) in [5.41, 5.74) is 5.40. The molecule has 3 aromatic carbocycles. The number of hydrogen-bond acceptors (Lipinski definition) is 2. The van der Waals surface area contributed by atoms with E-state index in [1.165, 1.54) is 36.3 Å². The summed E-state index contributed by atoms with van der Waals surface area (Å²) < 4.78 is 20.3. The predicted octanol–water partition coefficient (Wildman–Crippen LogP) is 6.13. The summed E-state index contributed by atoms with van der Waals surface area (Å²) in [6, 6.07) is 23.0. The minimum absolute atomic E-state index is 0.0423. The van der Waals surface area contributed by atoms with Crippen LogP contribution < -0.4 is 5.32 Å². The molecule has 1 amide bonds. The van der Waals surface area contributed by atoms with E-state index in [1.54, 1.807) is 12.1 Å². The molecule has 1 atom stereocenters. The average Bonchev–Trinajstić information content (AvgIpc) is 2.86. The van der Waals surface area contributed by atoms with Gasteiger partial charge >= 0.3 is 6.09 Å². The van der Waals surface area contributed by atoms with Crippen molar-refractivity contribution in [3.05, 3.63) is 101 Å². The molecular weight excluding hydrogens is 439 g/mol. The van der Waals surface area contributed by atoms with E-state index in [0.29, 0.717) is 12.3 Å². The highest BCUT2D eigenvalue weighted by molar-refractivity contribution is 5.85. The molecule has 4 nitrogen and oxygen atoms in total. The highest BCUT2D eigenvalue weighted by Crippen LogP contribution is 2.36. The van der Waals surface area contributed by atoms with Gasteiger partial charge in [-0.05, 0) is 48.2 Å². The van der Waals surface area contributed by atoms with Gasteiger partial charge in [-0.3, -0.25) is 5.32 Å². The highest BCUT2D eigenvalue weighted by atomic mass is 19.1. The second-order valence-electron chi connectivity index (χ2n) is 10.3. The fourth-order valence-electron chi connectivity index (χ4n) is 5.80. The Balaban J connectivity index is 1.21. The lowest BCUT2D eigenvalue weighted by Gasteiger charge is -2.52. The predicted molar refractivity (Wildman–Crippen MR) is 137 cm³/mol. The quantitative estimate of drug-likeness (QED) is 0.420. The number of hydrogen-bond donors (Lipinski definition) is 1. The summed E-state index contributed by atoms with van der Waals surface area (Å²) in [5.74, 6) is 0.203. The number of fused-ring (bicyclic) bond motifs is 3. The fraction of sp³-hybridized carbons (Fsp3) is 0.367. The van der Waals surface area contributed by atoms with Crippen LogP contribution in [0.2, 0.25) is 0 Å². The number of halogens is 1. The average molecular weight is 474 g/mol. The van der Waals surface area contributed by atoms with E-state index in [-0.39, 0.29) is 18.0 Å². The Hall–Kier alpha value is -3.18. The van der Waals surface area contributed by atoms with Gasteiger partial charge < -0.3 is 9.22 Å². The summed E-state index contributed by atoms with van der Waals surface area (Å²) in [4.78, 5) is 12.9. The number of quaternary nitrogens is 1. The number of nitrogens with one attached hydrogen (secondary N) is 1. The van der Waals surface area contributed by atoms with Crippen molar-refractivity contribution in [1.29, 1.82) is 0 Å². The molecule has 3 aromatic rings. The van der Waals surface area contributed by atoms with Crippen LogP contribution in [0.15, 0.2) is 72.8 Å². The molecule has 0 spiro atoms. The van der Waals surface area contributed by atoms with Crippen LogP contribution in [0.25, 0.3) is 0 Å². The highest BCUT2D eigenvalue weighted by Gasteiger charge is 2.47. The van der Waals surface area contributed by atoms with Crippen LogP contribution in [0.5, 0.6) is 0 Å². The summed E-state index contributed by atoms with van der Waals surface area (Å²) in [5, 5.41) is 2.98. The molecule has 3 fully saturated rings. The van der Waals surface area contributed by atoms with Gasteiger partial charge in [-0.2, -0.15) is 0 Å². The number of amides is 1. The summed E-state index contributed by atoms with van der Waals surface area (Å²) >= 11 is 0. The van der Waals surface area contributed by atoms with Crippen molar-refractivity contribution in [2.24, 2.45) is 5.92 Å². The summed E-state index contributed by atoms with van der Waals surface area (Å²) in [7, 11) is 0. The largest absolute Gasteiger partial charge is 0.440 e. The Bertz CT molecular complexity index is 1170. The normalized spacial score (nSPS) is 23.1. The molecule has 5 heteroatoms. The SMILES string of the molecule is Cc1cccc(CC[N+]23CCC(CC2)C(OC(=O)Nc2ccccc2Cc2ccc(F)cc2)C3)c1. The van der Waals surface area contributed by atoms with Crippen molar-refractivity contribution in [1.82, 2.24) is 0 Å². The second kappa shape index (κ2) is 10.2. The van der Waals surface area contributed by atoms with Crippen molar-refractivity contribution < 1.29 is 18.4 Å². The monoisotopic (exact) mass is 473 g/mol. The topological polar surface area (TPSA) is 38.3 Å². The van der Waals surface area contributed by atoms with Crippen LogP contribution in [0.3, 0.4) is 0 Å². The molecule has 0 saturated carbocycles. The fourth-order valence-corrected chi connectivity index (χ4v) is 5.80. The summed E-state index contributed by atoms with van der Waals surface area (Å²) in [6.45, 7) is 6.50. The molecule has 6 rings (SSSR count). The Labute approximate surface area is 207 Å². The Morgan fingerprint density at radius 2 is 1.77 bits per heavy atom. The third kappa shape index (κ3) is 5.73. The number of piperidine rings is 3. The van der Waals surface area contributed by atoms with E-state index in [0.717, 1.165) is 53.6 Å². The molecule has 3 saturated heterocycles. The molecule has 3 heterocycles. The maximum Gasteiger partial charge on any atom is 0.412 e. The third-order valence-corrected chi connectivity index (χ3v) is 7.82. The minimum Gasteiger partial charge on any atom is -0.440 e. The molecular formula is C30H34FN2O2+. The number of aryl methyl sites for hydroxylation is 1. The zero-order chi connectivity index (χ0) is 24.3. The van der Waals surface area contributed by atoms with Gasteiger partial charge in [-0.25, -0.2) is 9.18 Å². The van der Waals surface area contributed by atoms with E-state index in [4.69, 9.17) is 4.74 Å². The van der Waals surface area contributed by atoms with Gasteiger partial charge in [0.2, 0.25) is 0 Å². The van der Waals surface area contributed by atoms with Crippen LogP contribution >= 0.6 is 0 Å². The van der Waals surface area contributed by atoms with E-state index in [1.807, 2.05) is 24.3 Å². The summed E-state index contributed by atoms with van der Waals surface area (Å²) in [6.07, 6.45) is 3.48. The molecule has 3 aliphatic rings. The lowest BCUT2D eigenvalue weighted by Crippen LogP contribution is -2.65. The minimum atomic E-state index is -0.382. The van der Waals surface area contributed by atoms with Gasteiger partial charge in [-0.15, -0.1) is 0 Å². The number of carbonyl (C=O) groups excluding carboxylic acids is 1. The first-order valence-corrected chi connectivity index (χ1v) is 12.7. The van der Waals surface area contributed by atoms with E-state index >= 15 is 0 Å². The maximum absolute atomic E-state index is 13.3. The van der Waals surface area contributed by atoms with Crippen molar-refractivity contribution in [2.75, 3.05) is 31.5 Å². The molecule has 35 heavy (non-hydrogen) atoms. The van der Waals surface area contributed by atoms with Crippen LogP contribution in [0.4, 0.5) is 14.9 Å². The van der Waals surface area contributed by atoms with Gasteiger partial charge in [0.15, 0.2) is 6.10 Å². The van der Waals surface area contributed by atoms with Crippen molar-refractivity contribution >= 4 is 11.8 Å². The number of anilines is 1. The molecule has 0 aliphatic carbocycles. The zero-order valence-electron chi connectivity index (χ0n) is 20.4. The number of para-hydroxylation sites is 1. The lowest BCUT2D eigenvalue weighted by molar-refractivity contribution is -0.945. The molecule has 182 valence electrons. The first-order valence-electron chi connectivity index (χ1n) is 12.7. The first-order chi connectivity index (χ1) is 17.0. The Kier molecular flexibility index (Phi) is 6.87. The second-order valence-corrected chi connectivity index (χ2v) is 10.3. The number of carbonyl (C=O) groups is 1. The van der Waals surface area contributed by atoms with E-state index in [2.05, 4.69) is 36.5 Å². The van der Waals surface area contributed by atoms with E-state index < -0.39 is 0 Å². The van der Waals surface area contributed by atoms with Crippen LogP contribution in [-0.4, -0.2) is 42.9 Å². The molecule has 0 aromatic heterocycles. The molecule has 0 radical (unpaired) electrons.